The number of hydrogen-bond donors (Lipinski definition) is 1. The number of aliphatic hydroxyl groups is 1. The highest BCUT2D eigenvalue weighted by molar-refractivity contribution is 5.10. The summed E-state index contributed by atoms with van der Waals surface area (Å²) in [6.07, 6.45) is 8.99. The van der Waals surface area contributed by atoms with Crippen molar-refractivity contribution in [3.05, 3.63) is 24.0 Å². The molecule has 2 rings (SSSR count). The average Bonchev–Trinajstić information content (AvgIpc) is 2.86. The molecule has 1 aliphatic heterocycles. The Morgan fingerprint density at radius 3 is 3.06 bits per heavy atom. The number of nitrogens with zero attached hydrogens (tertiary/aromatic N) is 2. The first-order valence-corrected chi connectivity index (χ1v) is 6.25. The second-order valence-corrected chi connectivity index (χ2v) is 4.82. The number of likely N-dealkylation sites (tertiary alicyclic amines) is 1. The highest BCUT2D eigenvalue weighted by Gasteiger charge is 2.23. The Morgan fingerprint density at radius 1 is 1.50 bits per heavy atom. The van der Waals surface area contributed by atoms with Gasteiger partial charge in [-0.2, -0.15) is 0 Å². The van der Waals surface area contributed by atoms with Gasteiger partial charge in [0.15, 0.2) is 0 Å². The van der Waals surface area contributed by atoms with Crippen LogP contribution >= 0.6 is 0 Å². The Hall–Kier alpha value is -0.800. The van der Waals surface area contributed by atoms with Crippen molar-refractivity contribution in [1.29, 1.82) is 0 Å². The SMILES string of the molecule is Cn1ccc(CN2CCCC2CCCO)c1. The molecule has 3 heteroatoms. The standard InChI is InChI=1S/C13H22N2O/c1-14-8-6-12(10-14)11-15-7-2-4-13(15)5-3-9-16/h6,8,10,13,16H,2-5,7,9,11H2,1H3. The second-order valence-electron chi connectivity index (χ2n) is 4.82. The van der Waals surface area contributed by atoms with E-state index in [0.29, 0.717) is 12.6 Å². The summed E-state index contributed by atoms with van der Waals surface area (Å²) in [5.74, 6) is 0. The van der Waals surface area contributed by atoms with Crippen LogP contribution < -0.4 is 0 Å². The maximum absolute atomic E-state index is 8.88. The van der Waals surface area contributed by atoms with Crippen LogP contribution in [0.5, 0.6) is 0 Å². The van der Waals surface area contributed by atoms with Gasteiger partial charge < -0.3 is 9.67 Å². The fraction of sp³-hybridized carbons (Fsp3) is 0.692. The van der Waals surface area contributed by atoms with Gasteiger partial charge in [-0.15, -0.1) is 0 Å². The van der Waals surface area contributed by atoms with E-state index in [0.717, 1.165) is 19.4 Å². The molecule has 1 N–H and O–H groups in total. The van der Waals surface area contributed by atoms with E-state index >= 15 is 0 Å². The first-order chi connectivity index (χ1) is 7.79. The monoisotopic (exact) mass is 222 g/mol. The molecule has 0 amide bonds. The van der Waals surface area contributed by atoms with Crippen LogP contribution in [0.3, 0.4) is 0 Å². The summed E-state index contributed by atoms with van der Waals surface area (Å²) in [4.78, 5) is 2.56. The number of aryl methyl sites for hydroxylation is 1. The van der Waals surface area contributed by atoms with Crippen LogP contribution in [0, 0.1) is 0 Å². The van der Waals surface area contributed by atoms with E-state index in [-0.39, 0.29) is 0 Å². The smallest absolute Gasteiger partial charge is 0.0431 e. The molecule has 1 aliphatic rings. The molecule has 3 nitrogen and oxygen atoms in total. The fourth-order valence-electron chi connectivity index (χ4n) is 2.65. The van der Waals surface area contributed by atoms with E-state index in [2.05, 4.69) is 35.0 Å². The summed E-state index contributed by atoms with van der Waals surface area (Å²) in [5, 5.41) is 8.88. The van der Waals surface area contributed by atoms with Gasteiger partial charge in [0.2, 0.25) is 0 Å². The van der Waals surface area contributed by atoms with Gasteiger partial charge in [0.25, 0.3) is 0 Å². The summed E-state index contributed by atoms with van der Waals surface area (Å²) in [6, 6.07) is 2.88. The molecular weight excluding hydrogens is 200 g/mol. The summed E-state index contributed by atoms with van der Waals surface area (Å²) >= 11 is 0. The molecule has 1 unspecified atom stereocenters. The predicted octanol–water partition coefficient (Wildman–Crippen LogP) is 1.76. The van der Waals surface area contributed by atoms with Crippen molar-refractivity contribution in [3.8, 4) is 0 Å². The summed E-state index contributed by atoms with van der Waals surface area (Å²) < 4.78 is 2.11. The highest BCUT2D eigenvalue weighted by atomic mass is 16.2. The molecule has 0 saturated carbocycles. The number of hydrogen-bond acceptors (Lipinski definition) is 2. The molecule has 0 aromatic carbocycles. The van der Waals surface area contributed by atoms with Crippen molar-refractivity contribution in [2.75, 3.05) is 13.2 Å². The fourth-order valence-corrected chi connectivity index (χ4v) is 2.65. The van der Waals surface area contributed by atoms with Crippen molar-refractivity contribution < 1.29 is 5.11 Å². The molecule has 1 aromatic heterocycles. The predicted molar refractivity (Wildman–Crippen MR) is 65.2 cm³/mol. The lowest BCUT2D eigenvalue weighted by molar-refractivity contribution is 0.210. The van der Waals surface area contributed by atoms with E-state index < -0.39 is 0 Å². The maximum atomic E-state index is 8.88. The third-order valence-electron chi connectivity index (χ3n) is 3.47. The van der Waals surface area contributed by atoms with Crippen LogP contribution in [0.1, 0.15) is 31.2 Å². The van der Waals surface area contributed by atoms with Gasteiger partial charge >= 0.3 is 0 Å². The molecule has 0 spiro atoms. The molecule has 0 bridgehead atoms. The van der Waals surface area contributed by atoms with Crippen LogP contribution in [0.2, 0.25) is 0 Å². The minimum atomic E-state index is 0.329. The Balaban J connectivity index is 1.88. The Bertz CT molecular complexity index is 321. The van der Waals surface area contributed by atoms with Crippen molar-refractivity contribution in [2.24, 2.45) is 7.05 Å². The maximum Gasteiger partial charge on any atom is 0.0431 e. The van der Waals surface area contributed by atoms with Gasteiger partial charge in [-0.25, -0.2) is 0 Å². The highest BCUT2D eigenvalue weighted by Crippen LogP contribution is 2.23. The zero-order valence-corrected chi connectivity index (χ0v) is 10.1. The van der Waals surface area contributed by atoms with Gasteiger partial charge in [-0.1, -0.05) is 0 Å². The first-order valence-electron chi connectivity index (χ1n) is 6.25. The molecule has 90 valence electrons. The second kappa shape index (κ2) is 5.51. The van der Waals surface area contributed by atoms with Crippen molar-refractivity contribution in [3.63, 3.8) is 0 Å². The molecule has 1 fully saturated rings. The van der Waals surface area contributed by atoms with Crippen LogP contribution in [0.15, 0.2) is 18.5 Å². The van der Waals surface area contributed by atoms with E-state index in [4.69, 9.17) is 5.11 Å². The summed E-state index contributed by atoms with van der Waals surface area (Å²) in [5.41, 5.74) is 1.40. The Morgan fingerprint density at radius 2 is 2.38 bits per heavy atom. The van der Waals surface area contributed by atoms with Gasteiger partial charge in [0.1, 0.15) is 0 Å². The Labute approximate surface area is 97.7 Å². The lowest BCUT2D eigenvalue weighted by Crippen LogP contribution is -2.28. The van der Waals surface area contributed by atoms with Crippen molar-refractivity contribution >= 4 is 0 Å². The molecular formula is C13H22N2O. The van der Waals surface area contributed by atoms with E-state index in [1.807, 2.05) is 0 Å². The molecule has 1 aromatic rings. The van der Waals surface area contributed by atoms with E-state index in [1.165, 1.54) is 24.9 Å². The van der Waals surface area contributed by atoms with Crippen LogP contribution in [0.4, 0.5) is 0 Å². The number of aliphatic hydroxyl groups excluding tert-OH is 1. The third-order valence-corrected chi connectivity index (χ3v) is 3.47. The van der Waals surface area contributed by atoms with Gasteiger partial charge in [0.05, 0.1) is 0 Å². The summed E-state index contributed by atoms with van der Waals surface area (Å²) in [7, 11) is 2.07. The lowest BCUT2D eigenvalue weighted by atomic mass is 10.1. The molecule has 2 heterocycles. The molecule has 1 atom stereocenters. The largest absolute Gasteiger partial charge is 0.396 e. The molecule has 0 radical (unpaired) electrons. The van der Waals surface area contributed by atoms with Gasteiger partial charge in [-0.3, -0.25) is 4.90 Å². The minimum Gasteiger partial charge on any atom is -0.396 e. The van der Waals surface area contributed by atoms with Crippen LogP contribution in [-0.2, 0) is 13.6 Å². The van der Waals surface area contributed by atoms with E-state index in [1.54, 1.807) is 0 Å². The molecule has 0 aliphatic carbocycles. The Kier molecular flexibility index (Phi) is 4.02. The topological polar surface area (TPSA) is 28.4 Å². The van der Waals surface area contributed by atoms with Crippen LogP contribution in [-0.4, -0.2) is 33.8 Å². The van der Waals surface area contributed by atoms with Crippen LogP contribution in [0.25, 0.3) is 0 Å². The summed E-state index contributed by atoms with van der Waals surface area (Å²) in [6.45, 7) is 2.61. The molecule has 1 saturated heterocycles. The normalized spacial score (nSPS) is 21.8. The van der Waals surface area contributed by atoms with Gasteiger partial charge in [-0.05, 0) is 43.9 Å². The van der Waals surface area contributed by atoms with Gasteiger partial charge in [0, 0.05) is 38.6 Å². The zero-order chi connectivity index (χ0) is 11.4. The van der Waals surface area contributed by atoms with Crippen molar-refractivity contribution in [2.45, 2.75) is 38.3 Å². The quantitative estimate of drug-likeness (QED) is 0.822. The van der Waals surface area contributed by atoms with Crippen molar-refractivity contribution in [1.82, 2.24) is 9.47 Å². The lowest BCUT2D eigenvalue weighted by Gasteiger charge is -2.23. The molecule has 16 heavy (non-hydrogen) atoms. The number of aromatic nitrogens is 1. The van der Waals surface area contributed by atoms with E-state index in [9.17, 15) is 0 Å². The zero-order valence-electron chi connectivity index (χ0n) is 10.1. The minimum absolute atomic E-state index is 0.329. The average molecular weight is 222 g/mol. The first kappa shape index (κ1) is 11.7. The third kappa shape index (κ3) is 2.86. The number of rotatable bonds is 5.